The summed E-state index contributed by atoms with van der Waals surface area (Å²) in [5.41, 5.74) is 7.51. The highest BCUT2D eigenvalue weighted by Gasteiger charge is 2.25. The Balaban J connectivity index is 2.08. The minimum atomic E-state index is -0.584. The number of nitrogens with two attached hydrogens (primary N) is 1. The number of aromatic nitrogens is 5. The zero-order valence-corrected chi connectivity index (χ0v) is 17.4. The number of hydrogen-bond acceptors (Lipinski definition) is 7. The van der Waals surface area contributed by atoms with Crippen LogP contribution in [0.5, 0.6) is 5.75 Å². The number of tetrazole rings is 1. The van der Waals surface area contributed by atoms with Gasteiger partial charge in [-0.25, -0.2) is 0 Å². The summed E-state index contributed by atoms with van der Waals surface area (Å²) in [7, 11) is 1.53. The Bertz CT molecular complexity index is 1070. The first kappa shape index (κ1) is 20.7. The van der Waals surface area contributed by atoms with Crippen LogP contribution in [0.2, 0.25) is 0 Å². The predicted molar refractivity (Wildman–Crippen MR) is 106 cm³/mol. The second kappa shape index (κ2) is 8.53. The summed E-state index contributed by atoms with van der Waals surface area (Å²) in [6.45, 7) is 1.78. The molecule has 2 aromatic heterocycles. The number of nitrogens with zero attached hydrogens (tertiary/aromatic N) is 4. The monoisotopic (exact) mass is 462 g/mol. The number of carbonyl (C=O) groups is 2. The highest BCUT2D eigenvalue weighted by Crippen LogP contribution is 2.30. The first-order valence-electron chi connectivity index (χ1n) is 8.62. The molecule has 1 aromatic carbocycles. The van der Waals surface area contributed by atoms with Gasteiger partial charge in [-0.3, -0.25) is 9.59 Å². The second-order valence-corrected chi connectivity index (χ2v) is 7.09. The summed E-state index contributed by atoms with van der Waals surface area (Å²) in [4.78, 5) is 29.1. The number of primary amides is 1. The van der Waals surface area contributed by atoms with Crippen molar-refractivity contribution in [1.82, 2.24) is 25.2 Å². The van der Waals surface area contributed by atoms with Crippen LogP contribution in [0.4, 0.5) is 0 Å². The van der Waals surface area contributed by atoms with Crippen molar-refractivity contribution in [2.75, 3.05) is 13.7 Å². The molecule has 0 spiro atoms. The number of ketones is 1. The molecule has 0 saturated heterocycles. The van der Waals surface area contributed by atoms with E-state index in [1.165, 1.54) is 11.9 Å². The zero-order chi connectivity index (χ0) is 21.1. The molecule has 10 nitrogen and oxygen atoms in total. The van der Waals surface area contributed by atoms with Crippen molar-refractivity contribution < 1.29 is 19.4 Å². The van der Waals surface area contributed by atoms with Crippen molar-refractivity contribution in [2.45, 2.75) is 19.9 Å². The van der Waals surface area contributed by atoms with Crippen LogP contribution in [0.25, 0.3) is 11.5 Å². The molecule has 2 heterocycles. The molecule has 4 N–H and O–H groups in total. The number of nitrogens with one attached hydrogen (secondary N) is 1. The highest BCUT2D eigenvalue weighted by molar-refractivity contribution is 9.10. The van der Waals surface area contributed by atoms with Crippen molar-refractivity contribution >= 4 is 27.6 Å². The molecule has 152 valence electrons. The van der Waals surface area contributed by atoms with E-state index in [4.69, 9.17) is 15.6 Å². The van der Waals surface area contributed by atoms with Crippen LogP contribution >= 0.6 is 15.9 Å². The lowest BCUT2D eigenvalue weighted by Gasteiger charge is -2.07. The highest BCUT2D eigenvalue weighted by atomic mass is 79.9. The molecule has 0 fully saturated rings. The van der Waals surface area contributed by atoms with E-state index >= 15 is 0 Å². The largest absolute Gasteiger partial charge is 0.496 e. The van der Waals surface area contributed by atoms with Gasteiger partial charge in [-0.05, 0) is 51.8 Å². The number of rotatable bonds is 8. The van der Waals surface area contributed by atoms with E-state index in [0.717, 1.165) is 0 Å². The minimum absolute atomic E-state index is 0.136. The Hall–Kier alpha value is -3.05. The number of aliphatic hydroxyl groups is 1. The van der Waals surface area contributed by atoms with Crippen LogP contribution in [0.1, 0.15) is 27.2 Å². The Kier molecular flexibility index (Phi) is 6.09. The van der Waals surface area contributed by atoms with Gasteiger partial charge in [0.05, 0.1) is 36.8 Å². The van der Waals surface area contributed by atoms with Crippen molar-refractivity contribution in [3.8, 4) is 17.3 Å². The maximum atomic E-state index is 13.2. The van der Waals surface area contributed by atoms with Gasteiger partial charge in [-0.2, -0.15) is 4.80 Å². The molecule has 29 heavy (non-hydrogen) atoms. The maximum Gasteiger partial charge on any atom is 0.223 e. The molecule has 0 aliphatic rings. The lowest BCUT2D eigenvalue weighted by molar-refractivity contribution is -0.117. The molecular formula is C18H19BrN6O4. The standard InChI is InChI=1S/C18H19BrN6O4/c1-9-15(17(28)10-3-4-13(29-2)11(19)7-10)12(8-14(20)27)21-16(9)18-22-24-25(23-18)5-6-26/h3-4,7,21,26H,5-6,8H2,1-2H3,(H2,20,27). The number of benzene rings is 1. The van der Waals surface area contributed by atoms with Crippen molar-refractivity contribution in [3.63, 3.8) is 0 Å². The SMILES string of the molecule is COc1ccc(C(=O)c2c(CC(N)=O)[nH]c(-c3nnn(CCO)n3)c2C)cc1Br. The fraction of sp³-hybridized carbons (Fsp3) is 0.278. The summed E-state index contributed by atoms with van der Waals surface area (Å²) in [5.74, 6) is -0.0290. The second-order valence-electron chi connectivity index (χ2n) is 6.23. The van der Waals surface area contributed by atoms with E-state index in [0.29, 0.717) is 38.3 Å². The number of ether oxygens (including phenoxy) is 1. The summed E-state index contributed by atoms with van der Waals surface area (Å²) in [5, 5.41) is 21.0. The number of H-pyrrole nitrogens is 1. The van der Waals surface area contributed by atoms with Crippen LogP contribution in [0, 0.1) is 6.92 Å². The van der Waals surface area contributed by atoms with E-state index in [-0.39, 0.29) is 31.2 Å². The lowest BCUT2D eigenvalue weighted by atomic mass is 9.98. The fourth-order valence-corrected chi connectivity index (χ4v) is 3.52. The van der Waals surface area contributed by atoms with Gasteiger partial charge in [0.1, 0.15) is 5.75 Å². The van der Waals surface area contributed by atoms with Gasteiger partial charge in [0.25, 0.3) is 0 Å². The van der Waals surface area contributed by atoms with Gasteiger partial charge in [-0.1, -0.05) is 0 Å². The van der Waals surface area contributed by atoms with E-state index in [9.17, 15) is 9.59 Å². The van der Waals surface area contributed by atoms with Crippen molar-refractivity contribution in [2.24, 2.45) is 5.73 Å². The normalized spacial score (nSPS) is 10.9. The third-order valence-electron chi connectivity index (χ3n) is 4.30. The Morgan fingerprint density at radius 2 is 2.14 bits per heavy atom. The fourth-order valence-electron chi connectivity index (χ4n) is 2.98. The van der Waals surface area contributed by atoms with Gasteiger partial charge < -0.3 is 20.6 Å². The lowest BCUT2D eigenvalue weighted by Crippen LogP contribution is -2.16. The minimum Gasteiger partial charge on any atom is -0.496 e. The molecule has 3 aromatic rings. The number of hydrogen-bond donors (Lipinski definition) is 3. The number of aliphatic hydroxyl groups excluding tert-OH is 1. The molecule has 0 bridgehead atoms. The van der Waals surface area contributed by atoms with E-state index in [1.54, 1.807) is 25.1 Å². The molecule has 0 aliphatic carbocycles. The average molecular weight is 463 g/mol. The number of amides is 1. The topological polar surface area (TPSA) is 149 Å². The molecule has 11 heteroatoms. The quantitative estimate of drug-likeness (QED) is 0.422. The Morgan fingerprint density at radius 1 is 1.38 bits per heavy atom. The van der Waals surface area contributed by atoms with Gasteiger partial charge in [0.2, 0.25) is 11.7 Å². The molecule has 0 radical (unpaired) electrons. The average Bonchev–Trinajstić information content (AvgIpc) is 3.25. The smallest absolute Gasteiger partial charge is 0.223 e. The Morgan fingerprint density at radius 3 is 2.76 bits per heavy atom. The van der Waals surface area contributed by atoms with Gasteiger partial charge in [-0.15, -0.1) is 10.2 Å². The molecule has 3 rings (SSSR count). The molecule has 1 amide bonds. The predicted octanol–water partition coefficient (Wildman–Crippen LogP) is 0.999. The first-order chi connectivity index (χ1) is 13.8. The number of halogens is 1. The van der Waals surface area contributed by atoms with Crippen LogP contribution < -0.4 is 10.5 Å². The third kappa shape index (κ3) is 4.20. The summed E-state index contributed by atoms with van der Waals surface area (Å²) < 4.78 is 5.83. The Labute approximate surface area is 174 Å². The number of carbonyl (C=O) groups excluding carboxylic acids is 2. The summed E-state index contributed by atoms with van der Waals surface area (Å²) >= 11 is 3.37. The van der Waals surface area contributed by atoms with E-state index < -0.39 is 5.91 Å². The molecule has 0 atom stereocenters. The number of aromatic amines is 1. The maximum absolute atomic E-state index is 13.2. The van der Waals surface area contributed by atoms with Crippen molar-refractivity contribution in [1.29, 1.82) is 0 Å². The summed E-state index contributed by atoms with van der Waals surface area (Å²) in [6.07, 6.45) is -0.149. The zero-order valence-electron chi connectivity index (χ0n) is 15.8. The van der Waals surface area contributed by atoms with Crippen LogP contribution in [0.15, 0.2) is 22.7 Å². The van der Waals surface area contributed by atoms with Gasteiger partial charge >= 0.3 is 0 Å². The molecule has 0 aliphatic heterocycles. The first-order valence-corrected chi connectivity index (χ1v) is 9.42. The summed E-state index contributed by atoms with van der Waals surface area (Å²) in [6, 6.07) is 4.97. The molecule has 0 saturated carbocycles. The van der Waals surface area contributed by atoms with Gasteiger partial charge in [0.15, 0.2) is 5.78 Å². The van der Waals surface area contributed by atoms with Crippen LogP contribution in [-0.2, 0) is 17.8 Å². The number of methoxy groups -OCH3 is 1. The van der Waals surface area contributed by atoms with E-state index in [1.807, 2.05) is 0 Å². The van der Waals surface area contributed by atoms with Crippen molar-refractivity contribution in [3.05, 3.63) is 45.1 Å². The van der Waals surface area contributed by atoms with E-state index in [2.05, 4.69) is 36.3 Å². The van der Waals surface area contributed by atoms with Gasteiger partial charge in [0, 0.05) is 16.8 Å². The third-order valence-corrected chi connectivity index (χ3v) is 4.92. The van der Waals surface area contributed by atoms with Crippen LogP contribution in [-0.4, -0.2) is 55.7 Å². The molecular weight excluding hydrogens is 444 g/mol. The van der Waals surface area contributed by atoms with Crippen LogP contribution in [0.3, 0.4) is 0 Å². The molecule has 0 unspecified atom stereocenters.